The van der Waals surface area contributed by atoms with Gasteiger partial charge in [-0.2, -0.15) is 0 Å². The lowest BCUT2D eigenvalue weighted by atomic mass is 10.1. The largest absolute Gasteiger partial charge is 0.354 e. The minimum atomic E-state index is -0.433. The van der Waals surface area contributed by atoms with E-state index in [0.717, 1.165) is 22.7 Å². The van der Waals surface area contributed by atoms with E-state index in [2.05, 4.69) is 10.3 Å². The maximum Gasteiger partial charge on any atom is 0.328 e. The van der Waals surface area contributed by atoms with Gasteiger partial charge in [0.25, 0.3) is 5.56 Å². The average molecular weight is 400 g/mol. The fourth-order valence-corrected chi connectivity index (χ4v) is 6.62. The molecule has 2 aromatic rings. The van der Waals surface area contributed by atoms with Crippen LogP contribution < -0.4 is 16.6 Å². The van der Waals surface area contributed by atoms with Crippen LogP contribution in [0.4, 0.5) is 0 Å². The summed E-state index contributed by atoms with van der Waals surface area (Å²) in [6.07, 6.45) is 4.91. The minimum Gasteiger partial charge on any atom is -0.354 e. The summed E-state index contributed by atoms with van der Waals surface area (Å²) in [7, 11) is 3.91. The standard InChI is InChI=1S/C16H21N3O3S3/c20-13(4-2-1-3-11-5-10-24-25-11)17-7-8-19-15(21)14-12(6-9-23-14)18-16(19)22/h6,9,11H,1-5,7-8,10H2,(H,17,20)(H,18,22). The molecule has 0 aliphatic carbocycles. The minimum absolute atomic E-state index is 0.0184. The van der Waals surface area contributed by atoms with Gasteiger partial charge in [-0.25, -0.2) is 4.79 Å². The molecule has 0 radical (unpaired) electrons. The Morgan fingerprint density at radius 2 is 2.24 bits per heavy atom. The summed E-state index contributed by atoms with van der Waals surface area (Å²) in [5, 5.41) is 5.32. The predicted octanol–water partition coefficient (Wildman–Crippen LogP) is 2.58. The molecule has 1 atom stereocenters. The van der Waals surface area contributed by atoms with Gasteiger partial charge in [0.15, 0.2) is 0 Å². The normalized spacial score (nSPS) is 17.2. The third kappa shape index (κ3) is 4.92. The Labute approximate surface area is 157 Å². The second kappa shape index (κ2) is 8.95. The first-order valence-electron chi connectivity index (χ1n) is 8.40. The molecule has 25 heavy (non-hydrogen) atoms. The molecular formula is C16H21N3O3S3. The van der Waals surface area contributed by atoms with Gasteiger partial charge in [-0.15, -0.1) is 11.3 Å². The highest BCUT2D eigenvalue weighted by Gasteiger charge is 2.15. The molecule has 3 rings (SSSR count). The lowest BCUT2D eigenvalue weighted by Crippen LogP contribution is -2.38. The zero-order chi connectivity index (χ0) is 17.6. The second-order valence-corrected chi connectivity index (χ2v) is 9.68. The molecule has 0 aromatic carbocycles. The number of rotatable bonds is 8. The van der Waals surface area contributed by atoms with Crippen LogP contribution in [-0.4, -0.2) is 33.0 Å². The number of nitrogens with zero attached hydrogens (tertiary/aromatic N) is 1. The van der Waals surface area contributed by atoms with Gasteiger partial charge in [-0.3, -0.25) is 14.2 Å². The number of aromatic amines is 1. The van der Waals surface area contributed by atoms with Crippen LogP contribution in [0.1, 0.15) is 32.1 Å². The van der Waals surface area contributed by atoms with E-state index in [1.54, 1.807) is 11.4 Å². The molecule has 6 nitrogen and oxygen atoms in total. The van der Waals surface area contributed by atoms with Crippen molar-refractivity contribution >= 4 is 49.0 Å². The molecule has 136 valence electrons. The number of fused-ring (bicyclic) bond motifs is 1. The SMILES string of the molecule is O=C(CCCCC1CCSS1)NCCn1c(=O)[nH]c2ccsc2c1=O. The van der Waals surface area contributed by atoms with Crippen molar-refractivity contribution in [1.82, 2.24) is 14.9 Å². The molecule has 3 heterocycles. The second-order valence-electron chi connectivity index (χ2n) is 5.97. The van der Waals surface area contributed by atoms with Crippen molar-refractivity contribution in [2.45, 2.75) is 43.9 Å². The monoisotopic (exact) mass is 399 g/mol. The zero-order valence-corrected chi connectivity index (χ0v) is 16.2. The van der Waals surface area contributed by atoms with E-state index in [9.17, 15) is 14.4 Å². The van der Waals surface area contributed by atoms with Crippen LogP contribution >= 0.6 is 32.9 Å². The van der Waals surface area contributed by atoms with E-state index < -0.39 is 5.69 Å². The number of carbonyl (C=O) groups excluding carboxylic acids is 1. The van der Waals surface area contributed by atoms with Crippen LogP contribution in [-0.2, 0) is 11.3 Å². The highest BCUT2D eigenvalue weighted by atomic mass is 33.1. The van der Waals surface area contributed by atoms with E-state index in [0.29, 0.717) is 16.6 Å². The Kier molecular flexibility index (Phi) is 6.66. The number of H-pyrrole nitrogens is 1. The van der Waals surface area contributed by atoms with Crippen LogP contribution in [0.15, 0.2) is 21.0 Å². The van der Waals surface area contributed by atoms with Crippen LogP contribution in [0.3, 0.4) is 0 Å². The molecule has 0 saturated carbocycles. The molecule has 1 fully saturated rings. The quantitative estimate of drug-likeness (QED) is 0.526. The number of amides is 1. The zero-order valence-electron chi connectivity index (χ0n) is 13.8. The Morgan fingerprint density at radius 3 is 3.04 bits per heavy atom. The van der Waals surface area contributed by atoms with Crippen LogP contribution in [0.25, 0.3) is 10.2 Å². The van der Waals surface area contributed by atoms with Crippen molar-refractivity contribution in [2.75, 3.05) is 12.3 Å². The number of nitrogens with one attached hydrogen (secondary N) is 2. The number of hydrogen-bond donors (Lipinski definition) is 2. The topological polar surface area (TPSA) is 84.0 Å². The maximum absolute atomic E-state index is 12.3. The van der Waals surface area contributed by atoms with Gasteiger partial charge < -0.3 is 10.3 Å². The summed E-state index contributed by atoms with van der Waals surface area (Å²) in [6, 6.07) is 1.72. The molecule has 1 amide bonds. The van der Waals surface area contributed by atoms with Crippen molar-refractivity contribution in [2.24, 2.45) is 0 Å². The number of carbonyl (C=O) groups is 1. The van der Waals surface area contributed by atoms with Crippen LogP contribution in [0.5, 0.6) is 0 Å². The number of hydrogen-bond acceptors (Lipinski definition) is 6. The van der Waals surface area contributed by atoms with Crippen molar-refractivity contribution in [3.63, 3.8) is 0 Å². The smallest absolute Gasteiger partial charge is 0.328 e. The average Bonchev–Trinajstić information content (AvgIpc) is 3.26. The summed E-state index contributed by atoms with van der Waals surface area (Å²) in [6.45, 7) is 0.470. The number of unbranched alkanes of at least 4 members (excludes halogenated alkanes) is 1. The summed E-state index contributed by atoms with van der Waals surface area (Å²) < 4.78 is 1.68. The van der Waals surface area contributed by atoms with E-state index >= 15 is 0 Å². The van der Waals surface area contributed by atoms with Crippen molar-refractivity contribution in [1.29, 1.82) is 0 Å². The number of thiophene rings is 1. The highest BCUT2D eigenvalue weighted by molar-refractivity contribution is 8.77. The first-order valence-corrected chi connectivity index (χ1v) is 11.7. The van der Waals surface area contributed by atoms with Crippen LogP contribution in [0.2, 0.25) is 0 Å². The molecular weight excluding hydrogens is 378 g/mol. The predicted molar refractivity (Wildman–Crippen MR) is 107 cm³/mol. The molecule has 1 aliphatic heterocycles. The Morgan fingerprint density at radius 1 is 1.36 bits per heavy atom. The van der Waals surface area contributed by atoms with E-state index in [-0.39, 0.29) is 24.6 Å². The Bertz CT molecular complexity index is 836. The van der Waals surface area contributed by atoms with E-state index in [4.69, 9.17) is 0 Å². The lowest BCUT2D eigenvalue weighted by molar-refractivity contribution is -0.121. The lowest BCUT2D eigenvalue weighted by Gasteiger charge is -2.08. The molecule has 2 aromatic heterocycles. The van der Waals surface area contributed by atoms with E-state index in [1.807, 2.05) is 21.6 Å². The third-order valence-corrected chi connectivity index (χ3v) is 8.07. The molecule has 0 bridgehead atoms. The summed E-state index contributed by atoms with van der Waals surface area (Å²) >= 11 is 1.31. The van der Waals surface area contributed by atoms with E-state index in [1.165, 1.54) is 29.9 Å². The van der Waals surface area contributed by atoms with Gasteiger partial charge >= 0.3 is 5.69 Å². The van der Waals surface area contributed by atoms with Crippen molar-refractivity contribution in [3.8, 4) is 0 Å². The molecule has 1 unspecified atom stereocenters. The van der Waals surface area contributed by atoms with Crippen molar-refractivity contribution in [3.05, 3.63) is 32.3 Å². The van der Waals surface area contributed by atoms with Crippen LogP contribution in [0, 0.1) is 0 Å². The fourth-order valence-electron chi connectivity index (χ4n) is 2.79. The van der Waals surface area contributed by atoms with Gasteiger partial charge in [-0.1, -0.05) is 28.0 Å². The Hall–Kier alpha value is -1.19. The molecule has 1 aliphatic rings. The highest BCUT2D eigenvalue weighted by Crippen LogP contribution is 2.39. The van der Waals surface area contributed by atoms with Crippen molar-refractivity contribution < 1.29 is 4.79 Å². The summed E-state index contributed by atoms with van der Waals surface area (Å²) in [5.74, 6) is 1.22. The number of aromatic nitrogens is 2. The van der Waals surface area contributed by atoms with Gasteiger partial charge in [-0.05, 0) is 30.7 Å². The third-order valence-electron chi connectivity index (χ3n) is 4.16. The summed E-state index contributed by atoms with van der Waals surface area (Å²) in [4.78, 5) is 38.8. The first kappa shape index (κ1) is 18.6. The summed E-state index contributed by atoms with van der Waals surface area (Å²) in [5.41, 5.74) is -0.161. The maximum atomic E-state index is 12.3. The van der Waals surface area contributed by atoms with Gasteiger partial charge in [0.1, 0.15) is 4.70 Å². The Balaban J connectivity index is 1.41. The molecule has 1 saturated heterocycles. The van der Waals surface area contributed by atoms with Gasteiger partial charge in [0.2, 0.25) is 5.91 Å². The molecule has 9 heteroatoms. The first-order chi connectivity index (χ1) is 12.1. The fraction of sp³-hybridized carbons (Fsp3) is 0.562. The molecule has 2 N–H and O–H groups in total. The van der Waals surface area contributed by atoms with Gasteiger partial charge in [0.05, 0.1) is 5.52 Å². The molecule has 0 spiro atoms. The van der Waals surface area contributed by atoms with Gasteiger partial charge in [0, 0.05) is 30.5 Å².